The van der Waals surface area contributed by atoms with Gasteiger partial charge in [0, 0.05) is 5.88 Å². The molecule has 0 radical (unpaired) electrons. The third kappa shape index (κ3) is 3.91. The van der Waals surface area contributed by atoms with Gasteiger partial charge < -0.3 is 4.74 Å². The van der Waals surface area contributed by atoms with Gasteiger partial charge in [0.1, 0.15) is 0 Å². The van der Waals surface area contributed by atoms with Crippen LogP contribution < -0.4 is 0 Å². The molecule has 118 valence electrons. The second-order valence-electron chi connectivity index (χ2n) is 9.02. The fraction of sp³-hybridized carbons (Fsp3) is 1.00. The third-order valence-electron chi connectivity index (χ3n) is 5.77. The summed E-state index contributed by atoms with van der Waals surface area (Å²) in [4.78, 5) is 0. The second-order valence-corrected chi connectivity index (χ2v) is 9.28. The van der Waals surface area contributed by atoms with Crippen LogP contribution in [0.2, 0.25) is 0 Å². The molecule has 1 aliphatic heterocycles. The lowest BCUT2D eigenvalue weighted by Gasteiger charge is -2.44. The molecule has 1 nitrogen and oxygen atoms in total. The van der Waals surface area contributed by atoms with Gasteiger partial charge in [-0.2, -0.15) is 0 Å². The molecular weight excluding hydrogens is 268 g/mol. The van der Waals surface area contributed by atoms with Gasteiger partial charge in [-0.1, -0.05) is 20.8 Å². The van der Waals surface area contributed by atoms with Crippen molar-refractivity contribution >= 4 is 11.6 Å². The van der Waals surface area contributed by atoms with E-state index < -0.39 is 0 Å². The summed E-state index contributed by atoms with van der Waals surface area (Å²) >= 11 is 6.39. The van der Waals surface area contributed by atoms with Crippen LogP contribution in [0.1, 0.15) is 79.6 Å². The standard InChI is InChI=1S/C18H33ClO/c1-16(2,3)14-6-10-18(13-19,11-7-14)12-15-8-9-17(4,5)20-15/h14-15H,6-13H2,1-5H3. The number of hydrogen-bond acceptors (Lipinski definition) is 1. The molecule has 1 heterocycles. The molecule has 0 bridgehead atoms. The van der Waals surface area contributed by atoms with Gasteiger partial charge in [0.2, 0.25) is 0 Å². The minimum atomic E-state index is 0.0841. The van der Waals surface area contributed by atoms with E-state index in [4.69, 9.17) is 16.3 Å². The minimum Gasteiger partial charge on any atom is -0.372 e. The molecule has 1 aliphatic carbocycles. The van der Waals surface area contributed by atoms with Crippen molar-refractivity contribution < 1.29 is 4.74 Å². The fourth-order valence-corrected chi connectivity index (χ4v) is 4.57. The quantitative estimate of drug-likeness (QED) is 0.599. The summed E-state index contributed by atoms with van der Waals surface area (Å²) in [5, 5.41) is 0. The van der Waals surface area contributed by atoms with E-state index in [1.54, 1.807) is 0 Å². The average molecular weight is 301 g/mol. The van der Waals surface area contributed by atoms with Gasteiger partial charge in [-0.05, 0) is 75.5 Å². The van der Waals surface area contributed by atoms with Crippen molar-refractivity contribution in [3.63, 3.8) is 0 Å². The third-order valence-corrected chi connectivity index (χ3v) is 6.34. The van der Waals surface area contributed by atoms with Gasteiger partial charge in [-0.3, -0.25) is 0 Å². The Bertz CT molecular complexity index is 321. The topological polar surface area (TPSA) is 9.23 Å². The van der Waals surface area contributed by atoms with Crippen LogP contribution in [-0.4, -0.2) is 17.6 Å². The van der Waals surface area contributed by atoms with Gasteiger partial charge in [-0.15, -0.1) is 11.6 Å². The maximum atomic E-state index is 6.39. The lowest BCUT2D eigenvalue weighted by molar-refractivity contribution is -0.0420. The molecule has 2 rings (SSSR count). The summed E-state index contributed by atoms with van der Waals surface area (Å²) in [6.07, 6.45) is 9.29. The molecular formula is C18H33ClO. The van der Waals surface area contributed by atoms with Crippen LogP contribution >= 0.6 is 11.6 Å². The highest BCUT2D eigenvalue weighted by atomic mass is 35.5. The van der Waals surface area contributed by atoms with Crippen LogP contribution in [0.4, 0.5) is 0 Å². The number of hydrogen-bond donors (Lipinski definition) is 0. The Morgan fingerprint density at radius 3 is 2.05 bits per heavy atom. The largest absolute Gasteiger partial charge is 0.372 e. The zero-order valence-electron chi connectivity index (χ0n) is 14.1. The molecule has 1 saturated carbocycles. The molecule has 1 unspecified atom stereocenters. The highest BCUT2D eigenvalue weighted by Gasteiger charge is 2.42. The van der Waals surface area contributed by atoms with Gasteiger partial charge in [-0.25, -0.2) is 0 Å². The molecule has 0 spiro atoms. The van der Waals surface area contributed by atoms with E-state index in [0.717, 1.165) is 11.8 Å². The Morgan fingerprint density at radius 2 is 1.65 bits per heavy atom. The highest BCUT2D eigenvalue weighted by Crippen LogP contribution is 2.49. The van der Waals surface area contributed by atoms with Gasteiger partial charge in [0.05, 0.1) is 11.7 Å². The van der Waals surface area contributed by atoms with Crippen molar-refractivity contribution in [2.75, 3.05) is 5.88 Å². The number of ether oxygens (including phenoxy) is 1. The predicted molar refractivity (Wildman–Crippen MR) is 87.4 cm³/mol. The summed E-state index contributed by atoms with van der Waals surface area (Å²) in [5.41, 5.74) is 0.874. The summed E-state index contributed by atoms with van der Waals surface area (Å²) < 4.78 is 6.21. The summed E-state index contributed by atoms with van der Waals surface area (Å²) in [5.74, 6) is 1.67. The first-order valence-corrected chi connectivity index (χ1v) is 8.93. The monoisotopic (exact) mass is 300 g/mol. The van der Waals surface area contributed by atoms with Crippen molar-refractivity contribution in [1.29, 1.82) is 0 Å². The van der Waals surface area contributed by atoms with E-state index in [0.29, 0.717) is 16.9 Å². The molecule has 0 amide bonds. The maximum absolute atomic E-state index is 6.39. The molecule has 1 atom stereocenters. The summed E-state index contributed by atoms with van der Waals surface area (Å²) in [6, 6.07) is 0. The lowest BCUT2D eigenvalue weighted by atomic mass is 9.63. The normalized spacial score (nSPS) is 38.1. The predicted octanol–water partition coefficient (Wildman–Crippen LogP) is 5.80. The van der Waals surface area contributed by atoms with E-state index >= 15 is 0 Å². The zero-order valence-corrected chi connectivity index (χ0v) is 14.9. The number of alkyl halides is 1. The van der Waals surface area contributed by atoms with Crippen molar-refractivity contribution in [2.45, 2.75) is 91.3 Å². The fourth-order valence-electron chi connectivity index (χ4n) is 4.19. The average Bonchev–Trinajstić information content (AvgIpc) is 2.68. The van der Waals surface area contributed by atoms with E-state index in [9.17, 15) is 0 Å². The molecule has 0 aromatic carbocycles. The van der Waals surface area contributed by atoms with Crippen LogP contribution in [-0.2, 0) is 4.74 Å². The molecule has 0 aromatic heterocycles. The first kappa shape index (κ1) is 16.6. The highest BCUT2D eigenvalue weighted by molar-refractivity contribution is 6.18. The molecule has 2 heteroatoms. The first-order valence-electron chi connectivity index (χ1n) is 8.40. The van der Waals surface area contributed by atoms with E-state index in [1.165, 1.54) is 44.9 Å². The first-order chi connectivity index (χ1) is 9.16. The van der Waals surface area contributed by atoms with Crippen molar-refractivity contribution in [2.24, 2.45) is 16.7 Å². The van der Waals surface area contributed by atoms with Gasteiger partial charge in [0.15, 0.2) is 0 Å². The number of halogens is 1. The Morgan fingerprint density at radius 1 is 1.05 bits per heavy atom. The Labute approximate surface area is 130 Å². The second kappa shape index (κ2) is 5.80. The Balaban J connectivity index is 1.92. The molecule has 1 saturated heterocycles. The lowest BCUT2D eigenvalue weighted by Crippen LogP contribution is -2.36. The van der Waals surface area contributed by atoms with Gasteiger partial charge >= 0.3 is 0 Å². The molecule has 0 N–H and O–H groups in total. The van der Waals surface area contributed by atoms with Crippen LogP contribution in [0.3, 0.4) is 0 Å². The number of rotatable bonds is 3. The Kier molecular flexibility index (Phi) is 4.82. The van der Waals surface area contributed by atoms with Crippen LogP contribution in [0.5, 0.6) is 0 Å². The SMILES string of the molecule is CC1(C)CCC(CC2(CCl)CCC(C(C)(C)C)CC2)O1. The van der Waals surface area contributed by atoms with Crippen molar-refractivity contribution in [1.82, 2.24) is 0 Å². The van der Waals surface area contributed by atoms with Crippen molar-refractivity contribution in [3.05, 3.63) is 0 Å². The van der Waals surface area contributed by atoms with Crippen LogP contribution in [0.25, 0.3) is 0 Å². The van der Waals surface area contributed by atoms with Crippen LogP contribution in [0.15, 0.2) is 0 Å². The summed E-state index contributed by atoms with van der Waals surface area (Å²) in [7, 11) is 0. The molecule has 20 heavy (non-hydrogen) atoms. The molecule has 2 aliphatic rings. The van der Waals surface area contributed by atoms with E-state index in [-0.39, 0.29) is 5.60 Å². The molecule has 0 aromatic rings. The van der Waals surface area contributed by atoms with Crippen LogP contribution in [0, 0.1) is 16.7 Å². The van der Waals surface area contributed by atoms with Crippen molar-refractivity contribution in [3.8, 4) is 0 Å². The van der Waals surface area contributed by atoms with E-state index in [2.05, 4.69) is 34.6 Å². The maximum Gasteiger partial charge on any atom is 0.0631 e. The van der Waals surface area contributed by atoms with E-state index in [1.807, 2.05) is 0 Å². The van der Waals surface area contributed by atoms with Gasteiger partial charge in [0.25, 0.3) is 0 Å². The molecule has 2 fully saturated rings. The zero-order chi connectivity index (χ0) is 15.0. The summed E-state index contributed by atoms with van der Waals surface area (Å²) in [6.45, 7) is 11.6. The Hall–Kier alpha value is 0.250. The minimum absolute atomic E-state index is 0.0841. The smallest absolute Gasteiger partial charge is 0.0631 e.